The van der Waals surface area contributed by atoms with Gasteiger partial charge in [-0.1, -0.05) is 43.3 Å². The fraction of sp³-hybridized carbons (Fsp3) is 0.467. The van der Waals surface area contributed by atoms with Gasteiger partial charge in [-0.25, -0.2) is 0 Å². The van der Waals surface area contributed by atoms with Gasteiger partial charge in [-0.2, -0.15) is 0 Å². The van der Waals surface area contributed by atoms with Gasteiger partial charge in [0.2, 0.25) is 0 Å². The third kappa shape index (κ3) is 5.13. The Labute approximate surface area is 99.6 Å². The molecule has 16 heavy (non-hydrogen) atoms. The zero-order valence-electron chi connectivity index (χ0n) is 10.4. The maximum Gasteiger partial charge on any atom is 0.0219 e. The minimum Gasteiger partial charge on any atom is -0.311 e. The van der Waals surface area contributed by atoms with Gasteiger partial charge in [-0.15, -0.1) is 6.58 Å². The summed E-state index contributed by atoms with van der Waals surface area (Å²) in [6.07, 6.45) is 4.36. The second-order valence-electron chi connectivity index (χ2n) is 4.56. The monoisotopic (exact) mass is 217 g/mol. The van der Waals surface area contributed by atoms with Crippen LogP contribution < -0.4 is 5.32 Å². The summed E-state index contributed by atoms with van der Waals surface area (Å²) in [4.78, 5) is 0. The summed E-state index contributed by atoms with van der Waals surface area (Å²) in [5, 5.41) is 3.45. The van der Waals surface area contributed by atoms with Crippen molar-refractivity contribution in [1.82, 2.24) is 5.32 Å². The third-order valence-electron chi connectivity index (χ3n) is 2.91. The van der Waals surface area contributed by atoms with Gasteiger partial charge in [-0.3, -0.25) is 0 Å². The summed E-state index contributed by atoms with van der Waals surface area (Å²) >= 11 is 0. The number of benzene rings is 1. The minimum absolute atomic E-state index is 0.416. The highest BCUT2D eigenvalue weighted by molar-refractivity contribution is 5.14. The summed E-state index contributed by atoms with van der Waals surface area (Å²) < 4.78 is 0. The molecular weight excluding hydrogens is 194 g/mol. The van der Waals surface area contributed by atoms with Crippen LogP contribution in [-0.2, 0) is 6.42 Å². The van der Waals surface area contributed by atoms with Crippen LogP contribution >= 0.6 is 0 Å². The van der Waals surface area contributed by atoms with E-state index in [9.17, 15) is 0 Å². The van der Waals surface area contributed by atoms with Gasteiger partial charge < -0.3 is 5.32 Å². The van der Waals surface area contributed by atoms with Gasteiger partial charge in [0, 0.05) is 6.04 Å². The Morgan fingerprint density at radius 3 is 2.56 bits per heavy atom. The maximum atomic E-state index is 3.77. The molecule has 0 saturated heterocycles. The number of hydrogen-bond donors (Lipinski definition) is 1. The zero-order valence-corrected chi connectivity index (χ0v) is 10.4. The Morgan fingerprint density at radius 1 is 1.25 bits per heavy atom. The lowest BCUT2D eigenvalue weighted by atomic mass is 10.0. The molecule has 1 N–H and O–H groups in total. The van der Waals surface area contributed by atoms with Gasteiger partial charge in [-0.05, 0) is 37.8 Å². The molecule has 0 heterocycles. The first-order valence-corrected chi connectivity index (χ1v) is 6.12. The van der Waals surface area contributed by atoms with Gasteiger partial charge in [0.05, 0.1) is 0 Å². The van der Waals surface area contributed by atoms with E-state index in [4.69, 9.17) is 0 Å². The van der Waals surface area contributed by atoms with Gasteiger partial charge >= 0.3 is 0 Å². The molecule has 0 bridgehead atoms. The quantitative estimate of drug-likeness (QED) is 0.690. The number of nitrogens with one attached hydrogen (secondary N) is 1. The van der Waals surface area contributed by atoms with Crippen LogP contribution in [0.1, 0.15) is 25.8 Å². The van der Waals surface area contributed by atoms with E-state index in [-0.39, 0.29) is 0 Å². The lowest BCUT2D eigenvalue weighted by Gasteiger charge is -2.15. The molecule has 2 atom stereocenters. The van der Waals surface area contributed by atoms with Crippen LogP contribution in [0.2, 0.25) is 0 Å². The number of aryl methyl sites for hydroxylation is 1. The van der Waals surface area contributed by atoms with Crippen molar-refractivity contribution in [3.8, 4) is 0 Å². The predicted molar refractivity (Wildman–Crippen MR) is 71.6 cm³/mol. The third-order valence-corrected chi connectivity index (χ3v) is 2.91. The highest BCUT2D eigenvalue weighted by Crippen LogP contribution is 2.08. The molecule has 1 aromatic carbocycles. The summed E-state index contributed by atoms with van der Waals surface area (Å²) in [5.74, 6) is 0.711. The minimum atomic E-state index is 0.416. The molecular formula is C15H23N. The summed E-state index contributed by atoms with van der Waals surface area (Å²) in [5.41, 5.74) is 1.44. The Balaban J connectivity index is 2.20. The van der Waals surface area contributed by atoms with Crippen molar-refractivity contribution in [2.45, 2.75) is 32.7 Å². The molecule has 1 rings (SSSR count). The van der Waals surface area contributed by atoms with E-state index in [1.54, 1.807) is 0 Å². The molecule has 0 saturated carbocycles. The van der Waals surface area contributed by atoms with Crippen molar-refractivity contribution in [1.29, 1.82) is 0 Å². The van der Waals surface area contributed by atoms with E-state index in [0.717, 1.165) is 6.54 Å². The summed E-state index contributed by atoms with van der Waals surface area (Å²) in [6.45, 7) is 9.27. The molecule has 0 radical (unpaired) electrons. The van der Waals surface area contributed by atoms with Crippen molar-refractivity contribution in [3.63, 3.8) is 0 Å². The molecule has 0 aliphatic heterocycles. The van der Waals surface area contributed by atoms with Gasteiger partial charge in [0.15, 0.2) is 0 Å². The van der Waals surface area contributed by atoms with Crippen molar-refractivity contribution in [2.75, 3.05) is 6.54 Å². The predicted octanol–water partition coefficient (Wildman–Crippen LogP) is 3.42. The Hall–Kier alpha value is -1.08. The maximum absolute atomic E-state index is 3.77. The Bertz CT molecular complexity index is 292. The van der Waals surface area contributed by atoms with Crippen LogP contribution in [0.25, 0.3) is 0 Å². The first-order chi connectivity index (χ1) is 7.72. The second-order valence-corrected chi connectivity index (χ2v) is 4.56. The van der Waals surface area contributed by atoms with Crippen LogP contribution in [0.4, 0.5) is 0 Å². The molecule has 0 aliphatic rings. The molecule has 0 fully saturated rings. The van der Waals surface area contributed by atoms with E-state index < -0.39 is 0 Å². The summed E-state index contributed by atoms with van der Waals surface area (Å²) in [6, 6.07) is 11.1. The van der Waals surface area contributed by atoms with E-state index >= 15 is 0 Å². The largest absolute Gasteiger partial charge is 0.311 e. The topological polar surface area (TPSA) is 12.0 Å². The number of hydrogen-bond acceptors (Lipinski definition) is 1. The van der Waals surface area contributed by atoms with Crippen LogP contribution in [0, 0.1) is 5.92 Å². The molecule has 0 aliphatic carbocycles. The molecule has 0 aromatic heterocycles. The van der Waals surface area contributed by atoms with E-state index in [0.29, 0.717) is 12.0 Å². The average Bonchev–Trinajstić information content (AvgIpc) is 2.34. The van der Waals surface area contributed by atoms with E-state index in [1.807, 2.05) is 6.08 Å². The fourth-order valence-corrected chi connectivity index (χ4v) is 1.63. The molecule has 2 unspecified atom stereocenters. The Morgan fingerprint density at radius 2 is 1.94 bits per heavy atom. The molecule has 1 aromatic rings. The highest BCUT2D eigenvalue weighted by Gasteiger charge is 2.03. The standard InChI is InChI=1S/C15H23N/c1-4-14(3)16-12-13(2)10-11-15-8-6-5-7-9-15/h4-9,13-14,16H,1,10-12H2,2-3H3. The van der Waals surface area contributed by atoms with Crippen LogP contribution in [0.3, 0.4) is 0 Å². The molecule has 0 amide bonds. The van der Waals surface area contributed by atoms with E-state index in [2.05, 4.69) is 56.1 Å². The van der Waals surface area contributed by atoms with Crippen molar-refractivity contribution >= 4 is 0 Å². The average molecular weight is 217 g/mol. The lowest BCUT2D eigenvalue weighted by molar-refractivity contribution is 0.467. The van der Waals surface area contributed by atoms with Crippen LogP contribution in [0.5, 0.6) is 0 Å². The normalized spacial score (nSPS) is 14.4. The number of rotatable bonds is 7. The van der Waals surface area contributed by atoms with Gasteiger partial charge in [0.25, 0.3) is 0 Å². The first kappa shape index (κ1) is 13.0. The lowest BCUT2D eigenvalue weighted by Crippen LogP contribution is -2.28. The second kappa shape index (κ2) is 7.24. The molecule has 0 spiro atoms. The SMILES string of the molecule is C=CC(C)NCC(C)CCc1ccccc1. The van der Waals surface area contributed by atoms with Crippen molar-refractivity contribution in [3.05, 3.63) is 48.6 Å². The molecule has 88 valence electrons. The van der Waals surface area contributed by atoms with Gasteiger partial charge in [0.1, 0.15) is 0 Å². The van der Waals surface area contributed by atoms with Crippen molar-refractivity contribution in [2.24, 2.45) is 5.92 Å². The molecule has 1 nitrogen and oxygen atoms in total. The van der Waals surface area contributed by atoms with Crippen LogP contribution in [0.15, 0.2) is 43.0 Å². The smallest absolute Gasteiger partial charge is 0.0219 e. The van der Waals surface area contributed by atoms with Crippen LogP contribution in [-0.4, -0.2) is 12.6 Å². The Kier molecular flexibility index (Phi) is 5.87. The zero-order chi connectivity index (χ0) is 11.8. The van der Waals surface area contributed by atoms with E-state index in [1.165, 1.54) is 18.4 Å². The molecule has 1 heteroatoms. The fourth-order valence-electron chi connectivity index (χ4n) is 1.63. The first-order valence-electron chi connectivity index (χ1n) is 6.12. The summed E-state index contributed by atoms with van der Waals surface area (Å²) in [7, 11) is 0. The van der Waals surface area contributed by atoms with Crippen molar-refractivity contribution < 1.29 is 0 Å². The highest BCUT2D eigenvalue weighted by atomic mass is 14.9.